The number of carbonyl (C=O) groups excluding carboxylic acids is 1. The Morgan fingerprint density at radius 1 is 0.960 bits per heavy atom. The second-order valence-electron chi connectivity index (χ2n) is 6.55. The predicted molar refractivity (Wildman–Crippen MR) is 104 cm³/mol. The van der Waals surface area contributed by atoms with Crippen LogP contribution in [0.1, 0.15) is 38.8 Å². The fraction of sp³-hybridized carbons (Fsp3) is 0.333. The van der Waals surface area contributed by atoms with Crippen molar-refractivity contribution >= 4 is 44.1 Å². The zero-order valence-electron chi connectivity index (χ0n) is 14.5. The van der Waals surface area contributed by atoms with E-state index in [0.29, 0.717) is 5.56 Å². The Balaban J connectivity index is 0.000000251. The number of pyridine rings is 2. The van der Waals surface area contributed by atoms with Gasteiger partial charge in [-0.15, -0.1) is 0 Å². The highest BCUT2D eigenvalue weighted by molar-refractivity contribution is 9.10. The summed E-state index contributed by atoms with van der Waals surface area (Å²) in [6, 6.07) is 3.67. The molecule has 2 aromatic heterocycles. The quantitative estimate of drug-likeness (QED) is 0.662. The molecule has 0 fully saturated rings. The van der Waals surface area contributed by atoms with E-state index in [0.717, 1.165) is 20.8 Å². The Morgan fingerprint density at radius 2 is 1.40 bits per heavy atom. The van der Waals surface area contributed by atoms with Crippen molar-refractivity contribution in [1.29, 1.82) is 0 Å². The molecular weight excluding hydrogens is 452 g/mol. The Labute approximate surface area is 164 Å². The maximum atomic E-state index is 10.9. The summed E-state index contributed by atoms with van der Waals surface area (Å²) < 4.78 is 1.69. The van der Waals surface area contributed by atoms with Crippen LogP contribution in [-0.4, -0.2) is 27.3 Å². The highest BCUT2D eigenvalue weighted by atomic mass is 79.9. The highest BCUT2D eigenvalue weighted by Crippen LogP contribution is 2.25. The second-order valence-corrected chi connectivity index (χ2v) is 8.38. The smallest absolute Gasteiger partial charge is 0.313 e. The van der Waals surface area contributed by atoms with E-state index in [-0.39, 0.29) is 0 Å². The monoisotopic (exact) mass is 470 g/mol. The fourth-order valence-corrected chi connectivity index (χ4v) is 2.44. The van der Waals surface area contributed by atoms with E-state index in [1.165, 1.54) is 0 Å². The molecule has 0 unspecified atom stereocenters. The molecule has 0 saturated heterocycles. The van der Waals surface area contributed by atoms with Gasteiger partial charge in [0.1, 0.15) is 6.29 Å². The third-order valence-corrected chi connectivity index (χ3v) is 4.57. The number of aromatic nitrogens is 2. The maximum Gasteiger partial charge on any atom is 0.313 e. The Morgan fingerprint density at radius 3 is 1.80 bits per heavy atom. The van der Waals surface area contributed by atoms with Gasteiger partial charge in [0.05, 0.1) is 5.41 Å². The molecular formula is C18H20Br2N2O3. The summed E-state index contributed by atoms with van der Waals surface area (Å²) >= 11 is 6.55. The summed E-state index contributed by atoms with van der Waals surface area (Å²) in [6.07, 6.45) is 7.53. The summed E-state index contributed by atoms with van der Waals surface area (Å²) in [4.78, 5) is 29.5. The molecule has 134 valence electrons. The zero-order valence-corrected chi connectivity index (χ0v) is 17.6. The van der Waals surface area contributed by atoms with Crippen LogP contribution in [0.4, 0.5) is 0 Å². The third-order valence-electron chi connectivity index (χ3n) is 3.70. The van der Waals surface area contributed by atoms with Crippen LogP contribution in [0.2, 0.25) is 0 Å². The first-order valence-corrected chi connectivity index (χ1v) is 9.01. The molecule has 0 bridgehead atoms. The van der Waals surface area contributed by atoms with Crippen molar-refractivity contribution in [2.75, 3.05) is 0 Å². The lowest BCUT2D eigenvalue weighted by Crippen LogP contribution is -2.28. The van der Waals surface area contributed by atoms with Gasteiger partial charge in [-0.05, 0) is 82.8 Å². The number of aldehydes is 1. The van der Waals surface area contributed by atoms with E-state index in [9.17, 15) is 9.59 Å². The zero-order chi connectivity index (χ0) is 19.3. The van der Waals surface area contributed by atoms with E-state index in [1.807, 2.05) is 19.9 Å². The van der Waals surface area contributed by atoms with Crippen molar-refractivity contribution in [3.8, 4) is 0 Å². The van der Waals surface area contributed by atoms with Gasteiger partial charge in [0.25, 0.3) is 0 Å². The molecule has 2 aromatic rings. The minimum Gasteiger partial charge on any atom is -0.481 e. The normalized spacial score (nSPS) is 11.3. The van der Waals surface area contributed by atoms with Crippen LogP contribution in [0.3, 0.4) is 0 Å². The lowest BCUT2D eigenvalue weighted by molar-refractivity contribution is -0.142. The molecule has 0 atom stereocenters. The van der Waals surface area contributed by atoms with Crippen LogP contribution in [0.25, 0.3) is 0 Å². The molecule has 0 amide bonds. The van der Waals surface area contributed by atoms with E-state index < -0.39 is 16.8 Å². The van der Waals surface area contributed by atoms with Crippen molar-refractivity contribution in [3.05, 3.63) is 57.0 Å². The summed E-state index contributed by atoms with van der Waals surface area (Å²) in [6.45, 7) is 7.03. The van der Waals surface area contributed by atoms with Crippen molar-refractivity contribution in [3.63, 3.8) is 0 Å². The Hall–Kier alpha value is -1.60. The average molecular weight is 472 g/mol. The largest absolute Gasteiger partial charge is 0.481 e. The Bertz CT molecular complexity index is 761. The summed E-state index contributed by atoms with van der Waals surface area (Å²) in [7, 11) is 0. The molecule has 0 saturated carbocycles. The van der Waals surface area contributed by atoms with Gasteiger partial charge in [0.2, 0.25) is 0 Å². The van der Waals surface area contributed by atoms with Crippen molar-refractivity contribution in [2.24, 2.45) is 0 Å². The average Bonchev–Trinajstić information content (AvgIpc) is 2.55. The van der Waals surface area contributed by atoms with Gasteiger partial charge in [0, 0.05) is 39.1 Å². The molecule has 25 heavy (non-hydrogen) atoms. The topological polar surface area (TPSA) is 80.1 Å². The predicted octanol–water partition coefficient (Wildman–Crippen LogP) is 4.53. The van der Waals surface area contributed by atoms with Gasteiger partial charge in [-0.25, -0.2) is 0 Å². The Kier molecular flexibility index (Phi) is 7.44. The summed E-state index contributed by atoms with van der Waals surface area (Å²) in [5.74, 6) is -0.854. The van der Waals surface area contributed by atoms with Gasteiger partial charge >= 0.3 is 5.97 Å². The van der Waals surface area contributed by atoms with Crippen LogP contribution < -0.4 is 0 Å². The third kappa shape index (κ3) is 6.01. The molecule has 0 spiro atoms. The molecule has 0 aliphatic heterocycles. The molecule has 1 N–H and O–H groups in total. The fourth-order valence-electron chi connectivity index (χ4n) is 1.71. The summed E-state index contributed by atoms with van der Waals surface area (Å²) in [5, 5.41) is 8.94. The van der Waals surface area contributed by atoms with Crippen LogP contribution in [0, 0.1) is 0 Å². The number of carboxylic acids is 1. The van der Waals surface area contributed by atoms with E-state index in [1.54, 1.807) is 44.7 Å². The van der Waals surface area contributed by atoms with Gasteiger partial charge in [-0.2, -0.15) is 0 Å². The van der Waals surface area contributed by atoms with Crippen molar-refractivity contribution in [2.45, 2.75) is 38.5 Å². The SMILES string of the molecule is CC(C)(C(=O)O)c1cncc(Br)c1.CC(C)(C=O)c1cncc(Br)c1. The standard InChI is InChI=1S/C9H10BrNO2.C9H10BrNO/c1-9(2,8(12)13)6-3-7(10)5-11-4-6;1-9(2,6-12)7-3-8(10)5-11-4-7/h3-5H,1-2H3,(H,12,13);3-6H,1-2H3. The number of halogens is 2. The van der Waals surface area contributed by atoms with Gasteiger partial charge in [0.15, 0.2) is 0 Å². The molecule has 5 nitrogen and oxygen atoms in total. The summed E-state index contributed by atoms with van der Waals surface area (Å²) in [5.41, 5.74) is 0.273. The van der Waals surface area contributed by atoms with Crippen LogP contribution in [0.15, 0.2) is 45.9 Å². The molecule has 2 heterocycles. The van der Waals surface area contributed by atoms with E-state index >= 15 is 0 Å². The van der Waals surface area contributed by atoms with Gasteiger partial charge in [-0.3, -0.25) is 14.8 Å². The molecule has 0 aromatic carbocycles. The maximum absolute atomic E-state index is 10.9. The minimum absolute atomic E-state index is 0.448. The highest BCUT2D eigenvalue weighted by Gasteiger charge is 2.29. The molecule has 0 radical (unpaired) electrons. The molecule has 0 aliphatic carbocycles. The minimum atomic E-state index is -0.892. The van der Waals surface area contributed by atoms with Gasteiger partial charge < -0.3 is 9.90 Å². The number of hydrogen-bond acceptors (Lipinski definition) is 4. The number of rotatable bonds is 4. The van der Waals surface area contributed by atoms with Crippen molar-refractivity contribution in [1.82, 2.24) is 9.97 Å². The number of carbonyl (C=O) groups is 2. The molecule has 0 aliphatic rings. The van der Waals surface area contributed by atoms with Crippen molar-refractivity contribution < 1.29 is 14.7 Å². The molecule has 2 rings (SSSR count). The van der Waals surface area contributed by atoms with Crippen LogP contribution >= 0.6 is 31.9 Å². The molecule has 7 heteroatoms. The number of nitrogens with zero attached hydrogens (tertiary/aromatic N) is 2. The first-order chi connectivity index (χ1) is 11.5. The number of carboxylic acid groups (broad SMARTS) is 1. The lowest BCUT2D eigenvalue weighted by Gasteiger charge is -2.18. The van der Waals surface area contributed by atoms with Gasteiger partial charge in [-0.1, -0.05) is 0 Å². The van der Waals surface area contributed by atoms with Crippen LogP contribution in [0.5, 0.6) is 0 Å². The van der Waals surface area contributed by atoms with E-state index in [4.69, 9.17) is 5.11 Å². The van der Waals surface area contributed by atoms with Crippen LogP contribution in [-0.2, 0) is 20.4 Å². The number of hydrogen-bond donors (Lipinski definition) is 1. The lowest BCUT2D eigenvalue weighted by atomic mass is 9.86. The number of aliphatic carboxylic acids is 1. The second kappa shape index (κ2) is 8.67. The van der Waals surface area contributed by atoms with E-state index in [2.05, 4.69) is 41.8 Å². The first-order valence-electron chi connectivity index (χ1n) is 7.42. The first kappa shape index (κ1) is 21.4.